The SMILES string of the molecule is Cc1nc(N[C@H](C)c2cc(N)cc(C(F)(F)F)c2)c2cc(O[C@H]3CCOC3)c(N3CCN(C4CCN(CC#Cc5ccc6c(c5)CN(C5CCC(=O)NC5=O)C6=O)CC4)CC3)cc2n1. The zero-order valence-corrected chi connectivity index (χ0v) is 36.0. The second kappa shape index (κ2) is 17.9. The van der Waals surface area contributed by atoms with Crippen molar-refractivity contribution in [2.75, 3.05) is 75.0 Å². The minimum Gasteiger partial charge on any atom is -0.486 e. The van der Waals surface area contributed by atoms with Gasteiger partial charge in [0.25, 0.3) is 5.91 Å². The lowest BCUT2D eigenvalue weighted by molar-refractivity contribution is -0.138. The third kappa shape index (κ3) is 9.31. The first-order valence-corrected chi connectivity index (χ1v) is 22.0. The second-order valence-electron chi connectivity index (χ2n) is 17.4. The van der Waals surface area contributed by atoms with Crippen molar-refractivity contribution < 1.29 is 37.0 Å². The van der Waals surface area contributed by atoms with Gasteiger partial charge in [-0.25, -0.2) is 9.97 Å². The number of benzene rings is 3. The van der Waals surface area contributed by atoms with Crippen LogP contribution in [0.2, 0.25) is 0 Å². The number of nitrogens with two attached hydrogens (primary N) is 1. The van der Waals surface area contributed by atoms with Crippen LogP contribution < -0.4 is 26.0 Å². The molecule has 3 atom stereocenters. The van der Waals surface area contributed by atoms with Crippen LogP contribution in [0.15, 0.2) is 48.5 Å². The first-order valence-electron chi connectivity index (χ1n) is 22.0. The molecule has 0 spiro atoms. The predicted molar refractivity (Wildman–Crippen MR) is 235 cm³/mol. The van der Waals surface area contributed by atoms with Crippen molar-refractivity contribution in [2.45, 2.75) is 82.9 Å². The molecular weight excluding hydrogens is 828 g/mol. The number of ether oxygens (including phenoxy) is 2. The number of hydrogen-bond donors (Lipinski definition) is 3. The highest BCUT2D eigenvalue weighted by molar-refractivity contribution is 6.05. The number of amides is 3. The number of nitrogens with zero attached hydrogens (tertiary/aromatic N) is 6. The van der Waals surface area contributed by atoms with E-state index in [4.69, 9.17) is 20.2 Å². The Morgan fingerprint density at radius 1 is 0.984 bits per heavy atom. The van der Waals surface area contributed by atoms with Gasteiger partial charge in [-0.05, 0) is 92.8 Å². The number of piperazine rings is 1. The van der Waals surface area contributed by atoms with Gasteiger partial charge in [-0.1, -0.05) is 11.8 Å². The van der Waals surface area contributed by atoms with Crippen molar-refractivity contribution in [2.24, 2.45) is 0 Å². The molecule has 4 aromatic rings. The van der Waals surface area contributed by atoms with Crippen molar-refractivity contribution in [1.82, 2.24) is 30.0 Å². The quantitative estimate of drug-likeness (QED) is 0.114. The van der Waals surface area contributed by atoms with Crippen molar-refractivity contribution in [3.05, 3.63) is 82.2 Å². The summed E-state index contributed by atoms with van der Waals surface area (Å²) in [6.07, 6.45) is -1.23. The molecule has 6 heterocycles. The van der Waals surface area contributed by atoms with E-state index in [-0.39, 0.29) is 30.0 Å². The summed E-state index contributed by atoms with van der Waals surface area (Å²) in [4.78, 5) is 55.5. The number of nitrogens with one attached hydrogen (secondary N) is 2. The smallest absolute Gasteiger partial charge is 0.416 e. The number of carbonyl (C=O) groups is 3. The van der Waals surface area contributed by atoms with Gasteiger partial charge < -0.3 is 30.3 Å². The maximum atomic E-state index is 13.7. The standard InChI is InChI=1S/C47H52F3N9O5/c1-28(31-21-33(47(48,49)50)23-34(51)22-31)52-44-38-24-42(64-36-11-19-63-27-36)41(25-39(38)53-29(2)54-44)58-17-15-57(16-18-58)35-9-13-56(14-10-35)12-3-4-30-5-6-37-32(20-30)26-59(46(37)62)40-7-8-43(60)55-45(40)61/h5-6,20-25,28,35-36,40H,7-19,26-27,51H2,1-2H3,(H,52,53,54)(H,55,60,61)/t28-,36+,40?/m1/s1. The van der Waals surface area contributed by atoms with Gasteiger partial charge >= 0.3 is 6.18 Å². The molecular formula is C47H52F3N9O5. The van der Waals surface area contributed by atoms with Crippen molar-refractivity contribution in [3.8, 4) is 17.6 Å². The molecule has 0 aliphatic carbocycles. The largest absolute Gasteiger partial charge is 0.486 e. The van der Waals surface area contributed by atoms with Crippen LogP contribution in [0.25, 0.3) is 10.9 Å². The number of carbonyl (C=O) groups excluding carboxylic acids is 3. The number of anilines is 3. The van der Waals surface area contributed by atoms with E-state index >= 15 is 0 Å². The van der Waals surface area contributed by atoms with Crippen LogP contribution in [0.5, 0.6) is 5.75 Å². The Morgan fingerprint density at radius 2 is 1.78 bits per heavy atom. The van der Waals surface area contributed by atoms with E-state index in [0.717, 1.165) is 87.5 Å². The third-order valence-corrected chi connectivity index (χ3v) is 13.0. The number of aromatic nitrogens is 2. The van der Waals surface area contributed by atoms with Gasteiger partial charge in [0, 0.05) is 86.9 Å². The first-order chi connectivity index (χ1) is 30.7. The van der Waals surface area contributed by atoms with Crippen LogP contribution in [0.3, 0.4) is 0 Å². The van der Waals surface area contributed by atoms with Gasteiger partial charge in [-0.2, -0.15) is 13.2 Å². The van der Waals surface area contributed by atoms with Gasteiger partial charge in [0.2, 0.25) is 11.8 Å². The number of likely N-dealkylation sites (tertiary alicyclic amines) is 1. The number of piperidine rings is 2. The minimum absolute atomic E-state index is 0.0336. The van der Waals surface area contributed by atoms with Gasteiger partial charge in [0.05, 0.1) is 42.6 Å². The molecule has 14 nitrogen and oxygen atoms in total. The number of rotatable bonds is 9. The van der Waals surface area contributed by atoms with Crippen molar-refractivity contribution in [1.29, 1.82) is 0 Å². The molecule has 5 aliphatic rings. The monoisotopic (exact) mass is 879 g/mol. The molecule has 4 fully saturated rings. The van der Waals surface area contributed by atoms with E-state index in [0.29, 0.717) is 78.2 Å². The molecule has 0 radical (unpaired) electrons. The second-order valence-corrected chi connectivity index (χ2v) is 17.4. The topological polar surface area (TPSA) is 158 Å². The summed E-state index contributed by atoms with van der Waals surface area (Å²) in [5.41, 5.74) is 9.42. The zero-order valence-electron chi connectivity index (χ0n) is 36.0. The number of aryl methyl sites for hydroxylation is 1. The fourth-order valence-corrected chi connectivity index (χ4v) is 9.55. The maximum absolute atomic E-state index is 13.7. The first kappa shape index (κ1) is 43.3. The molecule has 3 amide bonds. The normalized spacial score (nSPS) is 21.7. The van der Waals surface area contributed by atoms with E-state index < -0.39 is 29.7 Å². The molecule has 17 heteroatoms. The summed E-state index contributed by atoms with van der Waals surface area (Å²) in [5, 5.41) is 6.39. The molecule has 64 heavy (non-hydrogen) atoms. The number of alkyl halides is 3. The Labute approximate surface area is 369 Å². The molecule has 0 saturated carbocycles. The van der Waals surface area contributed by atoms with Crippen LogP contribution in [0, 0.1) is 18.8 Å². The van der Waals surface area contributed by atoms with E-state index in [1.165, 1.54) is 0 Å². The maximum Gasteiger partial charge on any atom is 0.416 e. The molecule has 4 N–H and O–H groups in total. The van der Waals surface area contributed by atoms with Crippen LogP contribution in [-0.4, -0.2) is 120 Å². The van der Waals surface area contributed by atoms with Crippen LogP contribution in [0.1, 0.15) is 83.5 Å². The highest BCUT2D eigenvalue weighted by atomic mass is 19.4. The predicted octanol–water partition coefficient (Wildman–Crippen LogP) is 5.28. The number of imide groups is 1. The summed E-state index contributed by atoms with van der Waals surface area (Å²) in [6.45, 7) is 10.9. The minimum atomic E-state index is -4.53. The fraction of sp³-hybridized carbons (Fsp3) is 0.468. The van der Waals surface area contributed by atoms with Crippen molar-refractivity contribution in [3.63, 3.8) is 0 Å². The van der Waals surface area contributed by atoms with E-state index in [2.05, 4.69) is 42.2 Å². The molecule has 0 bridgehead atoms. The molecule has 5 aliphatic heterocycles. The van der Waals surface area contributed by atoms with E-state index in [1.54, 1.807) is 30.9 Å². The summed E-state index contributed by atoms with van der Waals surface area (Å²) in [5.74, 6) is 7.41. The Hall–Kier alpha value is -5.96. The van der Waals surface area contributed by atoms with Crippen LogP contribution in [-0.2, 0) is 27.0 Å². The van der Waals surface area contributed by atoms with Crippen molar-refractivity contribution >= 4 is 45.8 Å². The van der Waals surface area contributed by atoms with E-state index in [9.17, 15) is 27.6 Å². The molecule has 3 aromatic carbocycles. The third-order valence-electron chi connectivity index (χ3n) is 13.0. The number of halogens is 3. The molecule has 1 aromatic heterocycles. The van der Waals surface area contributed by atoms with Gasteiger partial charge in [0.1, 0.15) is 29.5 Å². The fourth-order valence-electron chi connectivity index (χ4n) is 9.55. The summed E-state index contributed by atoms with van der Waals surface area (Å²) < 4.78 is 53.2. The average molecular weight is 880 g/mol. The number of fused-ring (bicyclic) bond motifs is 2. The number of hydrogen-bond acceptors (Lipinski definition) is 12. The molecule has 1 unspecified atom stereocenters. The Balaban J connectivity index is 0.822. The average Bonchev–Trinajstić information content (AvgIpc) is 3.90. The summed E-state index contributed by atoms with van der Waals surface area (Å²) in [6, 6.07) is 12.4. The van der Waals surface area contributed by atoms with Crippen LogP contribution >= 0.6 is 0 Å². The number of nitrogen functional groups attached to an aromatic ring is 1. The van der Waals surface area contributed by atoms with E-state index in [1.807, 2.05) is 24.3 Å². The Kier molecular flexibility index (Phi) is 12.1. The van der Waals surface area contributed by atoms with Gasteiger partial charge in [-0.3, -0.25) is 29.5 Å². The lowest BCUT2D eigenvalue weighted by atomic mass is 10.0. The zero-order chi connectivity index (χ0) is 44.7. The molecule has 9 rings (SSSR count). The lowest BCUT2D eigenvalue weighted by Gasteiger charge is -2.43. The molecule has 336 valence electrons. The molecule has 4 saturated heterocycles. The highest BCUT2D eigenvalue weighted by Crippen LogP contribution is 2.39. The Morgan fingerprint density at radius 3 is 2.52 bits per heavy atom. The van der Waals surface area contributed by atoms with Gasteiger partial charge in [-0.15, -0.1) is 0 Å². The summed E-state index contributed by atoms with van der Waals surface area (Å²) in [7, 11) is 0. The Bertz CT molecular complexity index is 2520. The highest BCUT2D eigenvalue weighted by Gasteiger charge is 2.39. The lowest BCUT2D eigenvalue weighted by Crippen LogP contribution is -2.53. The van der Waals surface area contributed by atoms with Gasteiger partial charge in [0.15, 0.2) is 0 Å². The van der Waals surface area contributed by atoms with Crippen LogP contribution in [0.4, 0.5) is 30.4 Å². The summed E-state index contributed by atoms with van der Waals surface area (Å²) >= 11 is 0.